The molecule has 3 aromatic carbocycles. The maximum absolute atomic E-state index is 13.9. The highest BCUT2D eigenvalue weighted by molar-refractivity contribution is 6.51. The number of para-hydroxylation sites is 1. The van der Waals surface area contributed by atoms with E-state index in [2.05, 4.69) is 10.4 Å². The van der Waals surface area contributed by atoms with E-state index in [1.54, 1.807) is 30.3 Å². The van der Waals surface area contributed by atoms with Gasteiger partial charge in [-0.1, -0.05) is 42.5 Å². The molecule has 1 heterocycles. The van der Waals surface area contributed by atoms with Crippen LogP contribution in [0.5, 0.6) is 0 Å². The zero-order valence-electron chi connectivity index (χ0n) is 17.8. The van der Waals surface area contributed by atoms with Crippen molar-refractivity contribution >= 4 is 40.6 Å². The standard InChI is InChI=1S/C24H15FN4O6/c25-17-8-4-5-9-18(17)26-22(31)21(30)19-20(14-6-2-1-3-7-14)27-28(24(19)33)23(32)15-10-12-16(13-11-15)29(34)35/h1-13,19H,(H,26,31)/t19-/m0/s1. The molecule has 0 saturated heterocycles. The van der Waals surface area contributed by atoms with Crippen LogP contribution in [0.4, 0.5) is 15.8 Å². The van der Waals surface area contributed by atoms with E-state index in [1.165, 1.54) is 18.2 Å². The molecule has 11 heteroatoms. The second-order valence-electron chi connectivity index (χ2n) is 7.34. The lowest BCUT2D eigenvalue weighted by atomic mass is 9.92. The van der Waals surface area contributed by atoms with E-state index in [4.69, 9.17) is 0 Å². The molecule has 0 spiro atoms. The van der Waals surface area contributed by atoms with Gasteiger partial charge in [0.2, 0.25) is 5.78 Å². The molecule has 0 radical (unpaired) electrons. The minimum absolute atomic E-state index is 0.0935. The van der Waals surface area contributed by atoms with Crippen molar-refractivity contribution in [3.63, 3.8) is 0 Å². The number of halogens is 1. The number of amides is 3. The number of carbonyl (C=O) groups is 4. The van der Waals surface area contributed by atoms with Crippen LogP contribution < -0.4 is 5.32 Å². The highest BCUT2D eigenvalue weighted by Crippen LogP contribution is 2.25. The molecule has 3 aromatic rings. The van der Waals surface area contributed by atoms with E-state index in [0.29, 0.717) is 10.6 Å². The maximum atomic E-state index is 13.9. The Morgan fingerprint density at radius 1 is 0.943 bits per heavy atom. The Labute approximate surface area is 196 Å². The second-order valence-corrected chi connectivity index (χ2v) is 7.34. The fourth-order valence-corrected chi connectivity index (χ4v) is 3.39. The van der Waals surface area contributed by atoms with Crippen LogP contribution in [0.25, 0.3) is 0 Å². The number of Topliss-reactive ketones (excluding diaryl/α,β-unsaturated/α-hetero) is 1. The van der Waals surface area contributed by atoms with Crippen LogP contribution in [0.1, 0.15) is 15.9 Å². The quantitative estimate of drug-likeness (QED) is 0.192. The molecular formula is C24H15FN4O6. The molecule has 1 atom stereocenters. The van der Waals surface area contributed by atoms with Crippen molar-refractivity contribution in [2.45, 2.75) is 0 Å². The van der Waals surface area contributed by atoms with Gasteiger partial charge in [-0.05, 0) is 29.8 Å². The summed E-state index contributed by atoms with van der Waals surface area (Å²) in [6.45, 7) is 0. The molecule has 0 aliphatic carbocycles. The number of nitrogens with one attached hydrogen (secondary N) is 1. The van der Waals surface area contributed by atoms with Crippen LogP contribution >= 0.6 is 0 Å². The fourth-order valence-electron chi connectivity index (χ4n) is 3.39. The number of nitro benzene ring substituents is 1. The predicted octanol–water partition coefficient (Wildman–Crippen LogP) is 2.94. The van der Waals surface area contributed by atoms with E-state index in [-0.39, 0.29) is 22.6 Å². The molecule has 174 valence electrons. The van der Waals surface area contributed by atoms with Crippen molar-refractivity contribution in [3.8, 4) is 0 Å². The smallest absolute Gasteiger partial charge is 0.293 e. The SMILES string of the molecule is O=C(Nc1ccccc1F)C(=O)[C@H]1C(=O)N(C(=O)c2ccc([N+](=O)[O-])cc2)N=C1c1ccccc1. The third-order valence-electron chi connectivity index (χ3n) is 5.13. The summed E-state index contributed by atoms with van der Waals surface area (Å²) >= 11 is 0. The average Bonchev–Trinajstić information content (AvgIpc) is 3.22. The molecule has 10 nitrogen and oxygen atoms in total. The Hall–Kier alpha value is -5.06. The molecule has 0 bridgehead atoms. The molecule has 0 fully saturated rings. The first-order valence-electron chi connectivity index (χ1n) is 10.1. The first kappa shape index (κ1) is 23.1. The maximum Gasteiger partial charge on any atom is 0.293 e. The van der Waals surface area contributed by atoms with Gasteiger partial charge in [-0.15, -0.1) is 0 Å². The first-order valence-corrected chi connectivity index (χ1v) is 10.1. The number of carbonyl (C=O) groups excluding carboxylic acids is 4. The number of rotatable bonds is 6. The fraction of sp³-hybridized carbons (Fsp3) is 0.0417. The number of nitrogens with zero attached hydrogens (tertiary/aromatic N) is 3. The third kappa shape index (κ3) is 4.55. The van der Waals surface area contributed by atoms with Gasteiger partial charge >= 0.3 is 0 Å². The Balaban J connectivity index is 1.66. The number of anilines is 1. The monoisotopic (exact) mass is 474 g/mol. The van der Waals surface area contributed by atoms with Crippen molar-refractivity contribution in [1.29, 1.82) is 0 Å². The molecule has 1 N–H and O–H groups in total. The minimum Gasteiger partial charge on any atom is -0.317 e. The molecule has 0 aromatic heterocycles. The molecule has 4 rings (SSSR count). The number of hydrogen-bond acceptors (Lipinski definition) is 7. The summed E-state index contributed by atoms with van der Waals surface area (Å²) in [6.07, 6.45) is 0. The zero-order valence-corrected chi connectivity index (χ0v) is 17.8. The zero-order chi connectivity index (χ0) is 25.1. The summed E-state index contributed by atoms with van der Waals surface area (Å²) in [7, 11) is 0. The van der Waals surface area contributed by atoms with Gasteiger partial charge in [0.05, 0.1) is 16.3 Å². The van der Waals surface area contributed by atoms with Crippen LogP contribution in [0.3, 0.4) is 0 Å². The normalized spacial score (nSPS) is 14.9. The van der Waals surface area contributed by atoms with Crippen molar-refractivity contribution in [2.75, 3.05) is 5.32 Å². The van der Waals surface area contributed by atoms with Crippen LogP contribution in [0.2, 0.25) is 0 Å². The minimum atomic E-state index is -1.76. The summed E-state index contributed by atoms with van der Waals surface area (Å²) in [4.78, 5) is 62.0. The van der Waals surface area contributed by atoms with Gasteiger partial charge in [0, 0.05) is 17.7 Å². The Kier molecular flexibility index (Phi) is 6.23. The topological polar surface area (TPSA) is 139 Å². The van der Waals surface area contributed by atoms with Crippen LogP contribution in [-0.4, -0.2) is 39.1 Å². The number of hydrazone groups is 1. The van der Waals surface area contributed by atoms with Gasteiger partial charge in [-0.25, -0.2) is 4.39 Å². The predicted molar refractivity (Wildman–Crippen MR) is 121 cm³/mol. The number of imide groups is 1. The summed E-state index contributed by atoms with van der Waals surface area (Å²) in [5.41, 5.74) is -0.436. The van der Waals surface area contributed by atoms with E-state index >= 15 is 0 Å². The third-order valence-corrected chi connectivity index (χ3v) is 5.13. The number of benzene rings is 3. The van der Waals surface area contributed by atoms with Gasteiger partial charge in [0.1, 0.15) is 5.82 Å². The molecule has 0 saturated carbocycles. The van der Waals surface area contributed by atoms with Gasteiger partial charge in [-0.3, -0.25) is 29.3 Å². The van der Waals surface area contributed by atoms with E-state index in [0.717, 1.165) is 30.3 Å². The van der Waals surface area contributed by atoms with Crippen LogP contribution in [0, 0.1) is 21.8 Å². The van der Waals surface area contributed by atoms with Gasteiger partial charge in [0.25, 0.3) is 23.4 Å². The first-order chi connectivity index (χ1) is 16.8. The van der Waals surface area contributed by atoms with Crippen molar-refractivity contribution in [3.05, 3.63) is 106 Å². The highest BCUT2D eigenvalue weighted by atomic mass is 19.1. The van der Waals surface area contributed by atoms with Gasteiger partial charge < -0.3 is 5.32 Å². The van der Waals surface area contributed by atoms with Gasteiger partial charge in [-0.2, -0.15) is 10.1 Å². The lowest BCUT2D eigenvalue weighted by Gasteiger charge is -2.13. The van der Waals surface area contributed by atoms with E-state index in [9.17, 15) is 33.7 Å². The van der Waals surface area contributed by atoms with E-state index < -0.39 is 40.2 Å². The lowest BCUT2D eigenvalue weighted by molar-refractivity contribution is -0.384. The average molecular weight is 474 g/mol. The number of non-ortho nitro benzene ring substituents is 1. The number of hydrogen-bond donors (Lipinski definition) is 1. The van der Waals surface area contributed by atoms with E-state index in [1.807, 2.05) is 0 Å². The van der Waals surface area contributed by atoms with Gasteiger partial charge in [0.15, 0.2) is 5.92 Å². The molecule has 35 heavy (non-hydrogen) atoms. The Bertz CT molecular complexity index is 1390. The van der Waals surface area contributed by atoms with Crippen LogP contribution in [-0.2, 0) is 14.4 Å². The Morgan fingerprint density at radius 3 is 2.20 bits per heavy atom. The lowest BCUT2D eigenvalue weighted by Crippen LogP contribution is -2.41. The highest BCUT2D eigenvalue weighted by Gasteiger charge is 2.46. The summed E-state index contributed by atoms with van der Waals surface area (Å²) in [5.74, 6) is -7.06. The van der Waals surface area contributed by atoms with Crippen LogP contribution in [0.15, 0.2) is 84.0 Å². The summed E-state index contributed by atoms with van der Waals surface area (Å²) in [5, 5.41) is 17.5. The molecule has 1 aliphatic rings. The molecule has 1 aliphatic heterocycles. The largest absolute Gasteiger partial charge is 0.317 e. The van der Waals surface area contributed by atoms with Crippen molar-refractivity contribution in [2.24, 2.45) is 11.0 Å². The molecule has 0 unspecified atom stereocenters. The van der Waals surface area contributed by atoms with Crippen molar-refractivity contribution < 1.29 is 28.5 Å². The number of ketones is 1. The second kappa shape index (κ2) is 9.43. The Morgan fingerprint density at radius 2 is 1.57 bits per heavy atom. The molecule has 3 amide bonds. The molecular weight excluding hydrogens is 459 g/mol. The number of nitro groups is 1. The summed E-state index contributed by atoms with van der Waals surface area (Å²) in [6, 6.07) is 17.6. The summed E-state index contributed by atoms with van der Waals surface area (Å²) < 4.78 is 13.9. The van der Waals surface area contributed by atoms with Crippen molar-refractivity contribution in [1.82, 2.24) is 5.01 Å².